The number of methoxy groups -OCH3 is 1. The minimum Gasteiger partial charge on any atom is -0.497 e. The van der Waals surface area contributed by atoms with Gasteiger partial charge in [0.05, 0.1) is 13.7 Å². The number of carbonyl (C=O) groups excluding carboxylic acids is 2. The Hall–Kier alpha value is -1.75. The van der Waals surface area contributed by atoms with E-state index in [1.54, 1.807) is 20.1 Å². The van der Waals surface area contributed by atoms with Gasteiger partial charge in [-0.05, 0) is 30.7 Å². The van der Waals surface area contributed by atoms with Crippen molar-refractivity contribution >= 4 is 28.9 Å². The van der Waals surface area contributed by atoms with Crippen molar-refractivity contribution in [1.82, 2.24) is 0 Å². The van der Waals surface area contributed by atoms with E-state index >= 15 is 0 Å². The molecule has 1 rings (SSSR count). The summed E-state index contributed by atoms with van der Waals surface area (Å²) in [6, 6.07) is 7.31. The molecule has 1 aromatic rings. The molecule has 0 aliphatic heterocycles. The van der Waals surface area contributed by atoms with Gasteiger partial charge in [-0.3, -0.25) is 4.79 Å². The third kappa shape index (κ3) is 5.48. The monoisotopic (exact) mass is 294 g/mol. The Morgan fingerprint density at radius 3 is 2.40 bits per heavy atom. The molecular weight excluding hydrogens is 276 g/mol. The summed E-state index contributed by atoms with van der Waals surface area (Å²) in [5.74, 6) is 0.662. The highest BCUT2D eigenvalue weighted by Gasteiger charge is 2.12. The normalized spacial score (nSPS) is 11.1. The first-order chi connectivity index (χ1) is 9.56. The minimum absolute atomic E-state index is 0.0325. The lowest BCUT2D eigenvalue weighted by Crippen LogP contribution is -2.10. The molecule has 0 bridgehead atoms. The molecule has 0 atom stereocenters. The third-order valence-corrected chi connectivity index (χ3v) is 3.29. The average molecular weight is 294 g/mol. The van der Waals surface area contributed by atoms with Crippen LogP contribution in [0.3, 0.4) is 0 Å². The number of carbonyl (C=O) groups is 2. The van der Waals surface area contributed by atoms with Crippen molar-refractivity contribution in [2.24, 2.45) is 0 Å². The van der Waals surface area contributed by atoms with Crippen LogP contribution in [-0.2, 0) is 14.3 Å². The van der Waals surface area contributed by atoms with Gasteiger partial charge in [-0.1, -0.05) is 23.9 Å². The van der Waals surface area contributed by atoms with Crippen molar-refractivity contribution in [3.8, 4) is 5.75 Å². The van der Waals surface area contributed by atoms with Crippen LogP contribution in [0.1, 0.15) is 19.4 Å². The maximum atomic E-state index is 11.8. The Bertz CT molecular complexity index is 491. The molecular formula is C15H18O4S. The third-order valence-electron chi connectivity index (χ3n) is 2.43. The van der Waals surface area contributed by atoms with Gasteiger partial charge in [0.1, 0.15) is 5.75 Å². The zero-order valence-corrected chi connectivity index (χ0v) is 12.7. The molecule has 5 heteroatoms. The maximum Gasteiger partial charge on any atom is 0.334 e. The molecule has 0 unspecified atom stereocenters. The first-order valence-electron chi connectivity index (χ1n) is 6.22. The van der Waals surface area contributed by atoms with Crippen LogP contribution in [0.2, 0.25) is 0 Å². The van der Waals surface area contributed by atoms with Crippen LogP contribution in [0.4, 0.5) is 0 Å². The van der Waals surface area contributed by atoms with Crippen LogP contribution >= 0.6 is 11.8 Å². The highest BCUT2D eigenvalue weighted by molar-refractivity contribution is 8.13. The van der Waals surface area contributed by atoms with Gasteiger partial charge in [-0.2, -0.15) is 0 Å². The van der Waals surface area contributed by atoms with Crippen LogP contribution < -0.4 is 4.74 Å². The van der Waals surface area contributed by atoms with Crippen molar-refractivity contribution in [2.45, 2.75) is 13.8 Å². The fourth-order valence-electron chi connectivity index (χ4n) is 1.46. The highest BCUT2D eigenvalue weighted by Crippen LogP contribution is 2.17. The zero-order chi connectivity index (χ0) is 15.0. The van der Waals surface area contributed by atoms with Crippen molar-refractivity contribution in [1.29, 1.82) is 0 Å². The molecule has 0 saturated carbocycles. The molecule has 0 fully saturated rings. The highest BCUT2D eigenvalue weighted by atomic mass is 32.2. The van der Waals surface area contributed by atoms with Crippen LogP contribution in [0.15, 0.2) is 29.8 Å². The number of esters is 1. The van der Waals surface area contributed by atoms with E-state index in [1.807, 2.05) is 24.3 Å². The van der Waals surface area contributed by atoms with Gasteiger partial charge in [0.15, 0.2) is 5.12 Å². The van der Waals surface area contributed by atoms with E-state index in [9.17, 15) is 9.59 Å². The Morgan fingerprint density at radius 2 is 1.90 bits per heavy atom. The second-order valence-corrected chi connectivity index (χ2v) is 5.10. The number of benzene rings is 1. The largest absolute Gasteiger partial charge is 0.497 e. The summed E-state index contributed by atoms with van der Waals surface area (Å²) in [6.45, 7) is 3.53. The summed E-state index contributed by atoms with van der Waals surface area (Å²) in [4.78, 5) is 22.9. The average Bonchev–Trinajstić information content (AvgIpc) is 2.44. The smallest absolute Gasteiger partial charge is 0.334 e. The van der Waals surface area contributed by atoms with E-state index in [2.05, 4.69) is 0 Å². The summed E-state index contributed by atoms with van der Waals surface area (Å²) in [6.07, 6.45) is 1.73. The van der Waals surface area contributed by atoms with Crippen molar-refractivity contribution in [3.05, 3.63) is 35.4 Å². The van der Waals surface area contributed by atoms with Gasteiger partial charge in [-0.25, -0.2) is 4.79 Å². The molecule has 0 amide bonds. The van der Waals surface area contributed by atoms with Crippen molar-refractivity contribution < 1.29 is 19.1 Å². The van der Waals surface area contributed by atoms with Crippen LogP contribution in [0, 0.1) is 0 Å². The van der Waals surface area contributed by atoms with Gasteiger partial charge in [0.2, 0.25) is 0 Å². The lowest BCUT2D eigenvalue weighted by atomic mass is 10.1. The van der Waals surface area contributed by atoms with Crippen LogP contribution in [-0.4, -0.2) is 30.6 Å². The number of hydrogen-bond donors (Lipinski definition) is 0. The van der Waals surface area contributed by atoms with E-state index in [4.69, 9.17) is 9.47 Å². The Kier molecular flexibility index (Phi) is 6.87. The summed E-state index contributed by atoms with van der Waals surface area (Å²) < 4.78 is 10.1. The molecule has 0 aromatic heterocycles. The fraction of sp³-hybridized carbons (Fsp3) is 0.333. The number of ether oxygens (including phenoxy) is 2. The topological polar surface area (TPSA) is 52.6 Å². The van der Waals surface area contributed by atoms with E-state index < -0.39 is 5.97 Å². The summed E-state index contributed by atoms with van der Waals surface area (Å²) in [5, 5.41) is -0.0325. The van der Waals surface area contributed by atoms with Crippen LogP contribution in [0.25, 0.3) is 6.08 Å². The zero-order valence-electron chi connectivity index (χ0n) is 11.8. The lowest BCUT2D eigenvalue weighted by molar-refractivity contribution is -0.138. The molecule has 20 heavy (non-hydrogen) atoms. The SMILES string of the molecule is CCOC(=O)/C(=C/c1ccc(OC)cc1)CSC(C)=O. The molecule has 0 aliphatic carbocycles. The second kappa shape index (κ2) is 8.43. The predicted molar refractivity (Wildman–Crippen MR) is 80.7 cm³/mol. The van der Waals surface area contributed by atoms with E-state index in [0.29, 0.717) is 17.9 Å². The van der Waals surface area contributed by atoms with Gasteiger partial charge in [0.25, 0.3) is 0 Å². The molecule has 0 saturated heterocycles. The quantitative estimate of drug-likeness (QED) is 0.596. The van der Waals surface area contributed by atoms with Gasteiger partial charge in [0, 0.05) is 18.2 Å². The van der Waals surface area contributed by atoms with Crippen LogP contribution in [0.5, 0.6) is 5.75 Å². The van der Waals surface area contributed by atoms with Crippen molar-refractivity contribution in [3.63, 3.8) is 0 Å². The van der Waals surface area contributed by atoms with Crippen molar-refractivity contribution in [2.75, 3.05) is 19.5 Å². The van der Waals surface area contributed by atoms with E-state index in [-0.39, 0.29) is 5.12 Å². The molecule has 0 radical (unpaired) electrons. The summed E-state index contributed by atoms with van der Waals surface area (Å²) in [5.41, 5.74) is 1.33. The standard InChI is InChI=1S/C15H18O4S/c1-4-19-15(17)13(10-20-11(2)16)9-12-5-7-14(18-3)8-6-12/h5-9H,4,10H2,1-3H3/b13-9+. The Morgan fingerprint density at radius 1 is 1.25 bits per heavy atom. The molecule has 4 nitrogen and oxygen atoms in total. The van der Waals surface area contributed by atoms with Gasteiger partial charge >= 0.3 is 5.97 Å². The fourth-order valence-corrected chi connectivity index (χ4v) is 2.02. The Labute approximate surface area is 123 Å². The van der Waals surface area contributed by atoms with Gasteiger partial charge in [-0.15, -0.1) is 0 Å². The maximum absolute atomic E-state index is 11.8. The molecule has 0 heterocycles. The van der Waals surface area contributed by atoms with Gasteiger partial charge < -0.3 is 9.47 Å². The second-order valence-electron chi connectivity index (χ2n) is 3.94. The summed E-state index contributed by atoms with van der Waals surface area (Å²) in [7, 11) is 1.60. The molecule has 108 valence electrons. The predicted octanol–water partition coefficient (Wildman–Crippen LogP) is 2.92. The summed E-state index contributed by atoms with van der Waals surface area (Å²) >= 11 is 1.09. The van der Waals surface area contributed by atoms with E-state index in [1.165, 1.54) is 6.92 Å². The first kappa shape index (κ1) is 16.3. The van der Waals surface area contributed by atoms with E-state index in [0.717, 1.165) is 23.1 Å². The lowest BCUT2D eigenvalue weighted by Gasteiger charge is -2.06. The number of thioether (sulfide) groups is 1. The molecule has 0 aliphatic rings. The molecule has 1 aromatic carbocycles. The molecule has 0 spiro atoms. The minimum atomic E-state index is -0.392. The first-order valence-corrected chi connectivity index (χ1v) is 7.20. The molecule has 0 N–H and O–H groups in total. The Balaban J connectivity index is 2.91. The number of hydrogen-bond acceptors (Lipinski definition) is 5. The number of rotatable bonds is 6.